The van der Waals surface area contributed by atoms with Crippen LogP contribution in [0, 0.1) is 0 Å². The van der Waals surface area contributed by atoms with Gasteiger partial charge in [0.05, 0.1) is 59.5 Å². The maximum Gasteiger partial charge on any atom is 0.217 e. The first kappa shape index (κ1) is 75.8. The van der Waals surface area contributed by atoms with Crippen molar-refractivity contribution in [2.45, 2.75) is 241 Å². The minimum Gasteiger partial charge on any atom is -0.394 e. The van der Waals surface area contributed by atoms with Crippen LogP contribution in [0.5, 0.6) is 0 Å². The summed E-state index contributed by atoms with van der Waals surface area (Å²) in [5.41, 5.74) is 0. The van der Waals surface area contributed by atoms with E-state index in [9.17, 15) is 127 Å². The lowest BCUT2D eigenvalue weighted by atomic mass is 9.94. The number of rotatable bonds is 26. The van der Waals surface area contributed by atoms with Gasteiger partial charge >= 0.3 is 0 Å². The minimum absolute atomic E-state index is 0.866. The Balaban J connectivity index is 1.12. The number of aliphatic hydroxyl groups is 23. The van der Waals surface area contributed by atoms with Gasteiger partial charge < -0.3 is 194 Å². The van der Waals surface area contributed by atoms with E-state index in [4.69, 9.17) is 66.3 Å². The summed E-state index contributed by atoms with van der Waals surface area (Å²) in [6.07, 6.45) is -69.5. The number of amides is 2. The molecule has 91 heavy (non-hydrogen) atoms. The van der Waals surface area contributed by atoms with Crippen molar-refractivity contribution in [1.82, 2.24) is 10.6 Å². The normalized spacial score (nSPS) is 48.1. The molecule has 0 aromatic carbocycles. The zero-order valence-electron chi connectivity index (χ0n) is 48.5. The Hall–Kier alpha value is -2.54. The number of ether oxygens (including phenoxy) is 14. The average Bonchev–Trinajstić information content (AvgIpc) is 0.841. The molecule has 7 rings (SSSR count). The number of aliphatic hydroxyl groups excluding tert-OH is 23. The van der Waals surface area contributed by atoms with Crippen LogP contribution < -0.4 is 10.6 Å². The van der Waals surface area contributed by atoms with E-state index >= 15 is 0 Å². The van der Waals surface area contributed by atoms with Crippen LogP contribution in [0.1, 0.15) is 13.8 Å². The monoisotopic (exact) mass is 1340 g/mol. The number of nitrogens with one attached hydrogen (secondary N) is 2. The first-order valence-electron chi connectivity index (χ1n) is 28.9. The van der Waals surface area contributed by atoms with Gasteiger partial charge in [0.15, 0.2) is 44.0 Å². The summed E-state index contributed by atoms with van der Waals surface area (Å²) in [5, 5.41) is 252. The summed E-state index contributed by atoms with van der Waals surface area (Å²) in [4.78, 5) is 25.3. The molecule has 0 aromatic heterocycles. The zero-order valence-corrected chi connectivity index (χ0v) is 48.5. The first-order valence-corrected chi connectivity index (χ1v) is 28.9. The highest BCUT2D eigenvalue weighted by Gasteiger charge is 2.60. The summed E-state index contributed by atoms with van der Waals surface area (Å²) in [5.74, 6) is -1.77. The van der Waals surface area contributed by atoms with E-state index < -0.39 is 298 Å². The summed E-state index contributed by atoms with van der Waals surface area (Å²) < 4.78 is 81.0. The van der Waals surface area contributed by atoms with Gasteiger partial charge in [0.25, 0.3) is 0 Å². The van der Waals surface area contributed by atoms with Gasteiger partial charge in [-0.3, -0.25) is 9.59 Å². The van der Waals surface area contributed by atoms with Crippen LogP contribution in [0.4, 0.5) is 0 Å². The van der Waals surface area contributed by atoms with Gasteiger partial charge in [-0.2, -0.15) is 0 Å². The fraction of sp³-hybridized carbons (Fsp3) is 0.960. The van der Waals surface area contributed by atoms with E-state index in [0.717, 1.165) is 13.8 Å². The van der Waals surface area contributed by atoms with Crippen molar-refractivity contribution in [3.63, 3.8) is 0 Å². The lowest BCUT2D eigenvalue weighted by Gasteiger charge is -2.51. The van der Waals surface area contributed by atoms with Crippen molar-refractivity contribution < 1.29 is 193 Å². The van der Waals surface area contributed by atoms with Gasteiger partial charge in [0.1, 0.15) is 183 Å². The van der Waals surface area contributed by atoms with E-state index in [1.54, 1.807) is 0 Å². The molecule has 41 nitrogen and oxygen atoms in total. The fourth-order valence-corrected chi connectivity index (χ4v) is 11.4. The zero-order chi connectivity index (χ0) is 67.2. The highest BCUT2D eigenvalue weighted by molar-refractivity contribution is 5.73. The van der Waals surface area contributed by atoms with E-state index in [1.165, 1.54) is 0 Å². The summed E-state index contributed by atoms with van der Waals surface area (Å²) in [6.45, 7) is -7.45. The Morgan fingerprint density at radius 2 is 0.615 bits per heavy atom. The minimum atomic E-state index is -2.40. The van der Waals surface area contributed by atoms with Gasteiger partial charge in [0.2, 0.25) is 11.8 Å². The molecule has 2 amide bonds. The summed E-state index contributed by atoms with van der Waals surface area (Å²) in [6, 6.07) is -3.66. The average molecular weight is 1340 g/mol. The second-order valence-corrected chi connectivity index (χ2v) is 22.6. The van der Waals surface area contributed by atoms with Crippen molar-refractivity contribution in [3.05, 3.63) is 0 Å². The molecule has 7 saturated heterocycles. The standard InChI is InChI=1S/C50H86N2O39/c1-12(62)51-23-28(68)38(86-46-33(73)30(70)25(65)16(5-55)79-46)19(8-58)82-44(23)90-42-27(67)18(7-57)81-50(36(42)76)88-40-21(10-60)84-48(35(75)32(40)72)89-41-22(11-61)85-49(78-15(4-54)14(64)3-53)37(77)43(41)91-45-24(52-13(2)63)29(69)39(20(9-59)83-45)87-47-34(74)31(71)26(66)17(6-56)80-47/h14-50,53-61,64-77H,3-11H2,1-2H3,(H,51,62)(H,52,63)/t14-,15+,16-,17-,18-,19-,20-,21-,22-,23-,24-,25+,26+,27+,28-,29-,30+,31+,32-,33-,34-,35-,36-,37-,38-,39-,40-,41+,42+,43-,44+,45+,46+,47+,48+,49-,50+/m1/s1. The number of hydrogen-bond acceptors (Lipinski definition) is 39. The first-order chi connectivity index (χ1) is 43.2. The quantitative estimate of drug-likeness (QED) is 0.0382. The molecule has 7 aliphatic heterocycles. The van der Waals surface area contributed by atoms with Gasteiger partial charge in [-0.15, -0.1) is 0 Å². The molecule has 0 bridgehead atoms. The summed E-state index contributed by atoms with van der Waals surface area (Å²) in [7, 11) is 0. The van der Waals surface area contributed by atoms with Gasteiger partial charge in [-0.1, -0.05) is 0 Å². The van der Waals surface area contributed by atoms with E-state index in [-0.39, 0.29) is 0 Å². The Kier molecular flexibility index (Phi) is 28.0. The molecule has 0 spiro atoms. The molecule has 41 heteroatoms. The van der Waals surface area contributed by atoms with Crippen molar-refractivity contribution in [2.75, 3.05) is 59.5 Å². The fourth-order valence-electron chi connectivity index (χ4n) is 11.4. The van der Waals surface area contributed by atoms with Crippen LogP contribution in [0.15, 0.2) is 0 Å². The maximum absolute atomic E-state index is 12.8. The molecule has 0 aliphatic carbocycles. The van der Waals surface area contributed by atoms with Crippen LogP contribution in [0.25, 0.3) is 0 Å². The van der Waals surface area contributed by atoms with E-state index in [0.29, 0.717) is 0 Å². The summed E-state index contributed by atoms with van der Waals surface area (Å²) >= 11 is 0. The van der Waals surface area contributed by atoms with Crippen molar-refractivity contribution in [1.29, 1.82) is 0 Å². The van der Waals surface area contributed by atoms with Crippen molar-refractivity contribution >= 4 is 11.8 Å². The molecule has 7 aliphatic rings. The molecule has 7 heterocycles. The molecule has 0 unspecified atom stereocenters. The van der Waals surface area contributed by atoms with E-state index in [1.807, 2.05) is 0 Å². The molecule has 530 valence electrons. The number of carbonyl (C=O) groups is 2. The molecule has 0 saturated carbocycles. The van der Waals surface area contributed by atoms with Crippen LogP contribution in [0.2, 0.25) is 0 Å². The highest BCUT2D eigenvalue weighted by atomic mass is 16.8. The molecule has 0 aromatic rings. The van der Waals surface area contributed by atoms with Crippen molar-refractivity contribution in [2.24, 2.45) is 0 Å². The topological polar surface area (TPSA) is 653 Å². The SMILES string of the molecule is CC(=O)N[C@H]1[C@H](O[C@H]2[C@@H](O)[C@@H](CO)O[C@@H](O[C@H]3[C@H](O)[C@@H](O)[C@H](O[C@@H]4[C@H](O[C@@H]5O[C@H](CO)[C@@H](O[C@@H]6O[C@H](CO)[C@H](O)[C@H](O)[C@H]6O)[C@H](O)[C@H]5NC(C)=O)[C@@H](O)[C@H](O[C@@H](CO)[C@H](O)CO)O[C@@H]4CO)O[C@@H]3CO)[C@@H]2O)O[C@H](CO)[C@@H](O[C@@H]2O[C@H](CO)[C@H](O)[C@H](O)[C@H]2O)[C@@H]1O. The predicted octanol–water partition coefficient (Wildman–Crippen LogP) is -17.3. The van der Waals surface area contributed by atoms with Gasteiger partial charge in [-0.25, -0.2) is 0 Å². The third-order valence-electron chi connectivity index (χ3n) is 16.4. The molecule has 0 radical (unpaired) electrons. The maximum atomic E-state index is 12.8. The number of carbonyl (C=O) groups excluding carboxylic acids is 2. The second kappa shape index (κ2) is 33.6. The molecule has 37 atom stereocenters. The third-order valence-corrected chi connectivity index (χ3v) is 16.4. The van der Waals surface area contributed by atoms with Crippen molar-refractivity contribution in [3.8, 4) is 0 Å². The number of hydrogen-bond donors (Lipinski definition) is 25. The van der Waals surface area contributed by atoms with Gasteiger partial charge in [0, 0.05) is 13.8 Å². The molecular formula is C50H86N2O39. The molecule has 7 fully saturated rings. The van der Waals surface area contributed by atoms with Crippen LogP contribution in [-0.2, 0) is 75.9 Å². The molecule has 25 N–H and O–H groups in total. The lowest BCUT2D eigenvalue weighted by molar-refractivity contribution is -0.400. The Morgan fingerprint density at radius 3 is 1.00 bits per heavy atom. The Bertz CT molecular complexity index is 2220. The van der Waals surface area contributed by atoms with E-state index in [2.05, 4.69) is 10.6 Å². The largest absolute Gasteiger partial charge is 0.394 e. The lowest BCUT2D eigenvalue weighted by Crippen LogP contribution is -2.70. The van der Waals surface area contributed by atoms with Crippen LogP contribution in [0.3, 0.4) is 0 Å². The third kappa shape index (κ3) is 16.7. The Labute approximate surface area is 515 Å². The van der Waals surface area contributed by atoms with Gasteiger partial charge in [-0.05, 0) is 0 Å². The predicted molar refractivity (Wildman–Crippen MR) is 278 cm³/mol. The molecular weight excluding hydrogens is 1250 g/mol. The second-order valence-electron chi connectivity index (χ2n) is 22.6. The van der Waals surface area contributed by atoms with Crippen LogP contribution >= 0.6 is 0 Å². The Morgan fingerprint density at radius 1 is 0.319 bits per heavy atom. The highest BCUT2D eigenvalue weighted by Crippen LogP contribution is 2.39. The van der Waals surface area contributed by atoms with Crippen LogP contribution in [-0.4, -0.2) is 416 Å². The smallest absolute Gasteiger partial charge is 0.217 e.